The first-order chi connectivity index (χ1) is 17.5. The summed E-state index contributed by atoms with van der Waals surface area (Å²) < 4.78 is 0. The standard InChI is InChI=1S/C29H56N4O3/c1-2-3-4-5-6-7-8-9-10-11-12-13-14-20-27(34)32-22-17-18-24-23-25(24)29(36)33-26(28(31)35)19-15-16-21-30/h24-26H,2-23,30H2,1H3,(H2,31,35)(H,32,34)(H,33,36)/t24?,25?,26-/m0/s1. The van der Waals surface area contributed by atoms with Gasteiger partial charge >= 0.3 is 0 Å². The molecule has 3 amide bonds. The lowest BCUT2D eigenvalue weighted by Crippen LogP contribution is -2.45. The molecule has 1 fully saturated rings. The van der Waals surface area contributed by atoms with E-state index < -0.39 is 11.9 Å². The summed E-state index contributed by atoms with van der Waals surface area (Å²) in [6.07, 6.45) is 22.4. The summed E-state index contributed by atoms with van der Waals surface area (Å²) in [5.74, 6) is -0.0832. The van der Waals surface area contributed by atoms with E-state index in [-0.39, 0.29) is 17.7 Å². The average Bonchev–Trinajstić information content (AvgIpc) is 3.64. The molecular weight excluding hydrogens is 452 g/mol. The Balaban J connectivity index is 1.93. The average molecular weight is 509 g/mol. The molecule has 0 radical (unpaired) electrons. The fraction of sp³-hybridized carbons (Fsp3) is 0.897. The van der Waals surface area contributed by atoms with Crippen molar-refractivity contribution >= 4 is 17.7 Å². The molecule has 7 heteroatoms. The summed E-state index contributed by atoms with van der Waals surface area (Å²) in [6, 6.07) is -0.602. The molecule has 1 rings (SSSR count). The smallest absolute Gasteiger partial charge is 0.239 e. The second-order valence-corrected chi connectivity index (χ2v) is 10.8. The van der Waals surface area contributed by atoms with E-state index in [9.17, 15) is 14.4 Å². The molecule has 0 aromatic carbocycles. The number of carbonyl (C=O) groups is 3. The predicted octanol–water partition coefficient (Wildman–Crippen LogP) is 5.10. The van der Waals surface area contributed by atoms with Gasteiger partial charge in [0.15, 0.2) is 0 Å². The van der Waals surface area contributed by atoms with Crippen LogP contribution >= 0.6 is 0 Å². The van der Waals surface area contributed by atoms with Crippen LogP contribution in [0.15, 0.2) is 0 Å². The van der Waals surface area contributed by atoms with Gasteiger partial charge in [0.05, 0.1) is 0 Å². The highest BCUT2D eigenvalue weighted by molar-refractivity contribution is 5.88. The lowest BCUT2D eigenvalue weighted by atomic mass is 10.0. The van der Waals surface area contributed by atoms with Crippen molar-refractivity contribution in [1.82, 2.24) is 10.6 Å². The summed E-state index contributed by atoms with van der Waals surface area (Å²) >= 11 is 0. The van der Waals surface area contributed by atoms with E-state index in [0.717, 1.165) is 44.9 Å². The zero-order valence-electron chi connectivity index (χ0n) is 23.2. The number of rotatable bonds is 25. The highest BCUT2D eigenvalue weighted by Crippen LogP contribution is 2.42. The van der Waals surface area contributed by atoms with Crippen molar-refractivity contribution in [3.8, 4) is 0 Å². The highest BCUT2D eigenvalue weighted by atomic mass is 16.2. The van der Waals surface area contributed by atoms with Crippen LogP contribution in [0.2, 0.25) is 0 Å². The molecule has 0 heterocycles. The number of unbranched alkanes of at least 4 members (excludes halogenated alkanes) is 13. The summed E-state index contributed by atoms with van der Waals surface area (Å²) in [7, 11) is 0. The monoisotopic (exact) mass is 508 g/mol. The number of hydrogen-bond acceptors (Lipinski definition) is 4. The van der Waals surface area contributed by atoms with Gasteiger partial charge < -0.3 is 22.1 Å². The minimum Gasteiger partial charge on any atom is -0.368 e. The molecule has 210 valence electrons. The van der Waals surface area contributed by atoms with Crippen LogP contribution in [0.4, 0.5) is 0 Å². The topological polar surface area (TPSA) is 127 Å². The third-order valence-electron chi connectivity index (χ3n) is 7.45. The summed E-state index contributed by atoms with van der Waals surface area (Å²) in [5.41, 5.74) is 10.9. The maximum Gasteiger partial charge on any atom is 0.239 e. The van der Waals surface area contributed by atoms with Crippen LogP contribution in [-0.2, 0) is 14.4 Å². The summed E-state index contributed by atoms with van der Waals surface area (Å²) in [4.78, 5) is 36.0. The third kappa shape index (κ3) is 16.9. The van der Waals surface area contributed by atoms with E-state index >= 15 is 0 Å². The van der Waals surface area contributed by atoms with E-state index in [1.807, 2.05) is 0 Å². The molecule has 0 aromatic rings. The molecule has 36 heavy (non-hydrogen) atoms. The summed E-state index contributed by atoms with van der Waals surface area (Å²) in [6.45, 7) is 3.51. The Labute approximate surface area is 220 Å². The lowest BCUT2D eigenvalue weighted by molar-refractivity contribution is -0.128. The largest absolute Gasteiger partial charge is 0.368 e. The van der Waals surface area contributed by atoms with Crippen molar-refractivity contribution in [3.05, 3.63) is 0 Å². The first-order valence-corrected chi connectivity index (χ1v) is 15.1. The predicted molar refractivity (Wildman–Crippen MR) is 148 cm³/mol. The molecule has 7 nitrogen and oxygen atoms in total. The Morgan fingerprint density at radius 1 is 0.806 bits per heavy atom. The van der Waals surface area contributed by atoms with Crippen LogP contribution in [0, 0.1) is 11.8 Å². The number of nitrogens with one attached hydrogen (secondary N) is 2. The quantitative estimate of drug-likeness (QED) is 0.128. The highest BCUT2D eigenvalue weighted by Gasteiger charge is 2.42. The van der Waals surface area contributed by atoms with Crippen LogP contribution in [-0.4, -0.2) is 36.9 Å². The molecule has 6 N–H and O–H groups in total. The first-order valence-electron chi connectivity index (χ1n) is 15.1. The van der Waals surface area contributed by atoms with Gasteiger partial charge in [-0.3, -0.25) is 14.4 Å². The Kier molecular flexibility index (Phi) is 19.3. The number of nitrogens with two attached hydrogens (primary N) is 2. The van der Waals surface area contributed by atoms with Crippen LogP contribution in [0.3, 0.4) is 0 Å². The lowest BCUT2D eigenvalue weighted by Gasteiger charge is -2.15. The van der Waals surface area contributed by atoms with Gasteiger partial charge in [0.2, 0.25) is 17.7 Å². The van der Waals surface area contributed by atoms with E-state index in [2.05, 4.69) is 17.6 Å². The summed E-state index contributed by atoms with van der Waals surface area (Å²) in [5, 5.41) is 5.83. The maximum absolute atomic E-state index is 12.4. The van der Waals surface area contributed by atoms with Gasteiger partial charge in [0.1, 0.15) is 6.04 Å². The second kappa shape index (κ2) is 21.5. The third-order valence-corrected chi connectivity index (χ3v) is 7.45. The van der Waals surface area contributed by atoms with Gasteiger partial charge in [-0.1, -0.05) is 84.0 Å². The molecule has 0 aromatic heterocycles. The van der Waals surface area contributed by atoms with Crippen molar-refractivity contribution in [1.29, 1.82) is 0 Å². The number of primary amides is 1. The van der Waals surface area contributed by atoms with Crippen LogP contribution in [0.25, 0.3) is 0 Å². The number of hydrogen-bond donors (Lipinski definition) is 4. The van der Waals surface area contributed by atoms with Gasteiger partial charge in [0.25, 0.3) is 0 Å². The van der Waals surface area contributed by atoms with E-state index in [1.54, 1.807) is 0 Å². The molecule has 0 saturated heterocycles. The van der Waals surface area contributed by atoms with Gasteiger partial charge in [-0.2, -0.15) is 0 Å². The normalized spacial score (nSPS) is 17.5. The van der Waals surface area contributed by atoms with Crippen LogP contribution in [0.5, 0.6) is 0 Å². The van der Waals surface area contributed by atoms with E-state index in [4.69, 9.17) is 11.5 Å². The minimum absolute atomic E-state index is 0.0251. The molecule has 3 atom stereocenters. The Morgan fingerprint density at radius 2 is 1.39 bits per heavy atom. The van der Waals surface area contributed by atoms with Crippen molar-refractivity contribution in [2.75, 3.05) is 13.1 Å². The molecule has 1 aliphatic rings. The van der Waals surface area contributed by atoms with Gasteiger partial charge in [0, 0.05) is 18.9 Å². The van der Waals surface area contributed by atoms with Crippen molar-refractivity contribution in [2.24, 2.45) is 23.3 Å². The Bertz CT molecular complexity index is 599. The molecule has 0 spiro atoms. The minimum atomic E-state index is -0.602. The molecule has 1 saturated carbocycles. The van der Waals surface area contributed by atoms with Crippen LogP contribution < -0.4 is 22.1 Å². The Hall–Kier alpha value is -1.63. The van der Waals surface area contributed by atoms with E-state index in [1.165, 1.54) is 70.6 Å². The molecule has 2 unspecified atom stereocenters. The van der Waals surface area contributed by atoms with Crippen LogP contribution in [0.1, 0.15) is 135 Å². The molecule has 1 aliphatic carbocycles. The molecule has 0 bridgehead atoms. The van der Waals surface area contributed by atoms with Gasteiger partial charge in [-0.05, 0) is 57.4 Å². The number of amides is 3. The van der Waals surface area contributed by atoms with Gasteiger partial charge in [-0.15, -0.1) is 0 Å². The second-order valence-electron chi connectivity index (χ2n) is 10.8. The molecule has 0 aliphatic heterocycles. The molecular formula is C29H56N4O3. The van der Waals surface area contributed by atoms with Gasteiger partial charge in [-0.25, -0.2) is 0 Å². The fourth-order valence-corrected chi connectivity index (χ4v) is 4.93. The van der Waals surface area contributed by atoms with Crippen molar-refractivity contribution in [2.45, 2.75) is 141 Å². The fourth-order valence-electron chi connectivity index (χ4n) is 4.93. The van der Waals surface area contributed by atoms with Crippen molar-refractivity contribution in [3.63, 3.8) is 0 Å². The zero-order valence-corrected chi connectivity index (χ0v) is 23.2. The number of carbonyl (C=O) groups excluding carboxylic acids is 3. The van der Waals surface area contributed by atoms with Crippen molar-refractivity contribution < 1.29 is 14.4 Å². The zero-order chi connectivity index (χ0) is 26.4. The maximum atomic E-state index is 12.4. The SMILES string of the molecule is CCCCCCCCCCCCCCCC(=O)NCCCC1CC1C(=O)N[C@@H](CCCCN)C(N)=O. The Morgan fingerprint density at radius 3 is 1.94 bits per heavy atom. The first kappa shape index (κ1) is 32.4. The van der Waals surface area contributed by atoms with E-state index in [0.29, 0.717) is 31.8 Å².